The van der Waals surface area contributed by atoms with Crippen LogP contribution >= 0.6 is 23.4 Å². The van der Waals surface area contributed by atoms with Crippen LogP contribution in [0.25, 0.3) is 0 Å². The van der Waals surface area contributed by atoms with Crippen LogP contribution in [0.2, 0.25) is 5.02 Å². The number of halogens is 1. The number of nitrogens with two attached hydrogens (primary N) is 1. The predicted molar refractivity (Wildman–Crippen MR) is 65.6 cm³/mol. The number of aliphatic imine (C=N–C) groups is 1. The van der Waals surface area contributed by atoms with Crippen LogP contribution in [0.1, 0.15) is 0 Å². The van der Waals surface area contributed by atoms with Gasteiger partial charge in [0.1, 0.15) is 0 Å². The first-order valence-electron chi connectivity index (χ1n) is 4.06. The molecule has 0 saturated heterocycles. The summed E-state index contributed by atoms with van der Waals surface area (Å²) in [6.45, 7) is 0. The van der Waals surface area contributed by atoms with E-state index in [1.54, 1.807) is 30.5 Å². The third kappa shape index (κ3) is 4.22. The molecule has 0 unspecified atom stereocenters. The topological polar surface area (TPSA) is 67.5 Å². The van der Waals surface area contributed by atoms with Crippen molar-refractivity contribution in [2.75, 3.05) is 11.6 Å². The number of thioether (sulfide) groups is 1. The number of carbonyl (C=O) groups is 1. The molecule has 1 rings (SSSR count). The molecule has 0 saturated carbocycles. The van der Waals surface area contributed by atoms with Crippen LogP contribution in [-0.4, -0.2) is 17.5 Å². The molecular weight excluding hydrogens is 234 g/mol. The Morgan fingerprint density at radius 1 is 1.47 bits per heavy atom. The van der Waals surface area contributed by atoms with Gasteiger partial charge < -0.3 is 11.1 Å². The molecule has 0 radical (unpaired) electrons. The van der Waals surface area contributed by atoms with Crippen LogP contribution in [0, 0.1) is 0 Å². The summed E-state index contributed by atoms with van der Waals surface area (Å²) in [5.41, 5.74) is 6.01. The number of anilines is 1. The molecule has 0 aliphatic rings. The molecule has 4 nitrogen and oxygen atoms in total. The van der Waals surface area contributed by atoms with Crippen molar-refractivity contribution in [2.24, 2.45) is 10.7 Å². The molecule has 0 heterocycles. The molecule has 0 spiro atoms. The van der Waals surface area contributed by atoms with Crippen LogP contribution < -0.4 is 11.1 Å². The number of amides is 2. The first kappa shape index (κ1) is 11.9. The summed E-state index contributed by atoms with van der Waals surface area (Å²) in [5, 5.41) is 3.39. The Morgan fingerprint density at radius 2 is 2.07 bits per heavy atom. The van der Waals surface area contributed by atoms with Gasteiger partial charge in [-0.1, -0.05) is 23.4 Å². The maximum atomic E-state index is 11.2. The molecular formula is C9H10ClN3OS. The van der Waals surface area contributed by atoms with E-state index in [9.17, 15) is 4.79 Å². The minimum Gasteiger partial charge on any atom is -0.378 e. The first-order valence-corrected chi connectivity index (χ1v) is 5.67. The SMILES string of the molecule is CS/C(N)=N/C(=O)Nc1ccc(Cl)cc1. The molecule has 80 valence electrons. The van der Waals surface area contributed by atoms with E-state index in [1.807, 2.05) is 0 Å². The highest BCUT2D eigenvalue weighted by atomic mass is 35.5. The smallest absolute Gasteiger partial charge is 0.347 e. The molecule has 1 aromatic rings. The summed E-state index contributed by atoms with van der Waals surface area (Å²) < 4.78 is 0. The minimum atomic E-state index is -0.496. The normalized spacial score (nSPS) is 11.2. The zero-order chi connectivity index (χ0) is 11.3. The fourth-order valence-corrected chi connectivity index (χ4v) is 1.13. The van der Waals surface area contributed by atoms with Gasteiger partial charge in [-0.15, -0.1) is 0 Å². The maximum absolute atomic E-state index is 11.2. The molecule has 0 fully saturated rings. The number of hydrogen-bond donors (Lipinski definition) is 2. The molecule has 0 atom stereocenters. The number of nitrogens with one attached hydrogen (secondary N) is 1. The van der Waals surface area contributed by atoms with Gasteiger partial charge >= 0.3 is 6.03 Å². The van der Waals surface area contributed by atoms with Crippen molar-refractivity contribution in [1.82, 2.24) is 0 Å². The van der Waals surface area contributed by atoms with Gasteiger partial charge in [-0.3, -0.25) is 0 Å². The van der Waals surface area contributed by atoms with E-state index >= 15 is 0 Å². The lowest BCUT2D eigenvalue weighted by molar-refractivity contribution is 0.259. The Morgan fingerprint density at radius 3 is 2.60 bits per heavy atom. The Balaban J connectivity index is 2.63. The number of benzene rings is 1. The summed E-state index contributed by atoms with van der Waals surface area (Å²) in [4.78, 5) is 14.8. The summed E-state index contributed by atoms with van der Waals surface area (Å²) in [7, 11) is 0. The van der Waals surface area contributed by atoms with Crippen LogP contribution in [0.5, 0.6) is 0 Å². The zero-order valence-corrected chi connectivity index (χ0v) is 9.60. The fraction of sp³-hybridized carbons (Fsp3) is 0.111. The fourth-order valence-electron chi connectivity index (χ4n) is 0.830. The van der Waals surface area contributed by atoms with E-state index in [2.05, 4.69) is 10.3 Å². The minimum absolute atomic E-state index is 0.224. The van der Waals surface area contributed by atoms with Crippen molar-refractivity contribution in [3.8, 4) is 0 Å². The second-order valence-electron chi connectivity index (χ2n) is 2.59. The van der Waals surface area contributed by atoms with Gasteiger partial charge in [0.2, 0.25) is 0 Å². The molecule has 2 amide bonds. The quantitative estimate of drug-likeness (QED) is 0.588. The summed E-state index contributed by atoms with van der Waals surface area (Å²) in [5.74, 6) is 0. The molecule has 0 bridgehead atoms. The number of hydrogen-bond acceptors (Lipinski definition) is 2. The molecule has 1 aromatic carbocycles. The van der Waals surface area contributed by atoms with Crippen LogP contribution in [0.4, 0.5) is 10.5 Å². The monoisotopic (exact) mass is 243 g/mol. The van der Waals surface area contributed by atoms with Crippen molar-refractivity contribution in [2.45, 2.75) is 0 Å². The van der Waals surface area contributed by atoms with Gasteiger partial charge in [0.15, 0.2) is 5.17 Å². The Hall–Kier alpha value is -1.20. The van der Waals surface area contributed by atoms with Gasteiger partial charge in [0.25, 0.3) is 0 Å². The van der Waals surface area contributed by atoms with Gasteiger partial charge in [-0.2, -0.15) is 4.99 Å². The predicted octanol–water partition coefficient (Wildman–Crippen LogP) is 2.55. The third-order valence-corrected chi connectivity index (χ3v) is 2.28. The Labute approximate surface area is 96.9 Å². The summed E-state index contributed by atoms with van der Waals surface area (Å²) in [6, 6.07) is 6.23. The second kappa shape index (κ2) is 5.63. The lowest BCUT2D eigenvalue weighted by Crippen LogP contribution is -2.13. The van der Waals surface area contributed by atoms with E-state index in [0.29, 0.717) is 10.7 Å². The average Bonchev–Trinajstić information content (AvgIpc) is 2.21. The van der Waals surface area contributed by atoms with E-state index < -0.39 is 6.03 Å². The van der Waals surface area contributed by atoms with Gasteiger partial charge in [0, 0.05) is 10.7 Å². The van der Waals surface area contributed by atoms with Crippen LogP contribution in [0.15, 0.2) is 29.3 Å². The number of carbonyl (C=O) groups excluding carboxylic acids is 1. The van der Waals surface area contributed by atoms with Gasteiger partial charge in [-0.05, 0) is 30.5 Å². The first-order chi connectivity index (χ1) is 7.11. The largest absolute Gasteiger partial charge is 0.378 e. The lowest BCUT2D eigenvalue weighted by atomic mass is 10.3. The standard InChI is InChI=1S/C9H10ClN3OS/c1-15-8(11)13-9(14)12-7-4-2-6(10)3-5-7/h2-5H,1H3,(H3,11,12,13,14). The summed E-state index contributed by atoms with van der Waals surface area (Å²) in [6.07, 6.45) is 1.74. The maximum Gasteiger partial charge on any atom is 0.347 e. The summed E-state index contributed by atoms with van der Waals surface area (Å²) >= 11 is 6.90. The zero-order valence-electron chi connectivity index (χ0n) is 8.03. The van der Waals surface area contributed by atoms with Crippen LogP contribution in [0.3, 0.4) is 0 Å². The van der Waals surface area contributed by atoms with E-state index in [-0.39, 0.29) is 5.17 Å². The second-order valence-corrected chi connectivity index (χ2v) is 3.85. The Kier molecular flexibility index (Phi) is 4.45. The number of urea groups is 1. The van der Waals surface area contributed by atoms with Crippen molar-refractivity contribution >= 4 is 40.2 Å². The number of amidine groups is 1. The van der Waals surface area contributed by atoms with Crippen molar-refractivity contribution in [1.29, 1.82) is 0 Å². The van der Waals surface area contributed by atoms with E-state index in [4.69, 9.17) is 17.3 Å². The molecule has 3 N–H and O–H groups in total. The highest BCUT2D eigenvalue weighted by Crippen LogP contribution is 2.13. The Bertz CT molecular complexity index is 377. The highest BCUT2D eigenvalue weighted by molar-refractivity contribution is 8.13. The molecule has 15 heavy (non-hydrogen) atoms. The molecule has 6 heteroatoms. The van der Waals surface area contributed by atoms with Crippen molar-refractivity contribution in [3.63, 3.8) is 0 Å². The van der Waals surface area contributed by atoms with Gasteiger partial charge in [-0.25, -0.2) is 4.79 Å². The molecule has 0 aliphatic carbocycles. The highest BCUT2D eigenvalue weighted by Gasteiger charge is 2.00. The number of nitrogens with zero attached hydrogens (tertiary/aromatic N) is 1. The van der Waals surface area contributed by atoms with E-state index in [0.717, 1.165) is 0 Å². The van der Waals surface area contributed by atoms with Gasteiger partial charge in [0.05, 0.1) is 0 Å². The van der Waals surface area contributed by atoms with E-state index in [1.165, 1.54) is 11.8 Å². The average molecular weight is 244 g/mol. The molecule has 0 aliphatic heterocycles. The lowest BCUT2D eigenvalue weighted by Gasteiger charge is -2.01. The van der Waals surface area contributed by atoms with Crippen molar-refractivity contribution in [3.05, 3.63) is 29.3 Å². The third-order valence-electron chi connectivity index (χ3n) is 1.52. The molecule has 0 aromatic heterocycles. The number of rotatable bonds is 1. The van der Waals surface area contributed by atoms with Crippen LogP contribution in [-0.2, 0) is 0 Å². The van der Waals surface area contributed by atoms with Crippen molar-refractivity contribution < 1.29 is 4.79 Å².